The summed E-state index contributed by atoms with van der Waals surface area (Å²) < 4.78 is 5.55. The van der Waals surface area contributed by atoms with Crippen molar-refractivity contribution in [2.75, 3.05) is 37.2 Å². The van der Waals surface area contributed by atoms with Gasteiger partial charge < -0.3 is 15.0 Å². The number of aromatic nitrogens is 2. The minimum atomic E-state index is -0.552. The molecule has 1 N–H and O–H groups in total. The highest BCUT2D eigenvalue weighted by Gasteiger charge is 2.43. The van der Waals surface area contributed by atoms with Gasteiger partial charge in [-0.15, -0.1) is 0 Å². The number of ether oxygens (including phenoxy) is 1. The molecule has 2 unspecified atom stereocenters. The van der Waals surface area contributed by atoms with Crippen LogP contribution >= 0.6 is 0 Å². The number of aryl methyl sites for hydroxylation is 2. The third kappa shape index (κ3) is 11.9. The number of unbranched alkanes of at least 4 members (excludes halogenated alkanes) is 1. The van der Waals surface area contributed by atoms with Gasteiger partial charge in [-0.05, 0) is 94.3 Å². The molecular formula is C44H60N6O3. The first-order valence-corrected chi connectivity index (χ1v) is 19.5. The van der Waals surface area contributed by atoms with Crippen LogP contribution in [0.4, 0.5) is 11.5 Å². The standard InChI is InChI=1S/C29H37N3O3.C11H13N3.C4H10/c1-3-35-25-17-14-22(15-18-25)16-19-26(28(33)30-20-23-10-6-4-7-11-23)27-21(2)31-32(29(27)34)24-12-8-5-9-13-24;1-8-12-10-7-5-4-6-9(10)11(13-8)14(2)3;1-3-4-2/h5,8-9,12-15,17-18,23,26-27H,3-4,6-7,10-11,16,19-20H2,1-2H3,(H,30,33);4-7H,1-3H3;3-4H2,1-2H3. The lowest BCUT2D eigenvalue weighted by Crippen LogP contribution is -2.43. The molecule has 284 valence electrons. The Morgan fingerprint density at radius 1 is 0.887 bits per heavy atom. The minimum Gasteiger partial charge on any atom is -0.494 e. The lowest BCUT2D eigenvalue weighted by Gasteiger charge is -2.26. The van der Waals surface area contributed by atoms with E-state index < -0.39 is 11.8 Å². The topological polar surface area (TPSA) is 100 Å². The van der Waals surface area contributed by atoms with Gasteiger partial charge in [0.05, 0.1) is 29.6 Å². The number of carbonyl (C=O) groups excluding carboxylic acids is 2. The van der Waals surface area contributed by atoms with Crippen LogP contribution in [0.3, 0.4) is 0 Å². The van der Waals surface area contributed by atoms with E-state index in [-0.39, 0.29) is 11.8 Å². The molecule has 3 aromatic carbocycles. The van der Waals surface area contributed by atoms with E-state index >= 15 is 0 Å². The first-order chi connectivity index (χ1) is 25.7. The predicted molar refractivity (Wildman–Crippen MR) is 219 cm³/mol. The first kappa shape index (κ1) is 41.0. The summed E-state index contributed by atoms with van der Waals surface area (Å²) >= 11 is 0. The molecule has 2 atom stereocenters. The summed E-state index contributed by atoms with van der Waals surface area (Å²) in [5.41, 5.74) is 3.55. The number of rotatable bonds is 12. The van der Waals surface area contributed by atoms with Crippen LogP contribution in [-0.2, 0) is 16.0 Å². The van der Waals surface area contributed by atoms with Gasteiger partial charge in [-0.2, -0.15) is 5.10 Å². The second-order valence-electron chi connectivity index (χ2n) is 14.2. The van der Waals surface area contributed by atoms with Crippen molar-refractivity contribution in [1.29, 1.82) is 0 Å². The quantitative estimate of drug-likeness (QED) is 0.157. The van der Waals surface area contributed by atoms with E-state index in [9.17, 15) is 9.59 Å². The fourth-order valence-electron chi connectivity index (χ4n) is 6.77. The average Bonchev–Trinajstić information content (AvgIpc) is 3.48. The molecule has 1 aromatic heterocycles. The highest BCUT2D eigenvalue weighted by molar-refractivity contribution is 6.16. The number of para-hydroxylation sites is 2. The maximum absolute atomic E-state index is 13.5. The third-order valence-corrected chi connectivity index (χ3v) is 9.81. The summed E-state index contributed by atoms with van der Waals surface area (Å²) in [6, 6.07) is 25.5. The second-order valence-corrected chi connectivity index (χ2v) is 14.2. The molecule has 2 heterocycles. The summed E-state index contributed by atoms with van der Waals surface area (Å²) in [4.78, 5) is 37.8. The molecular weight excluding hydrogens is 661 g/mol. The van der Waals surface area contributed by atoms with Crippen molar-refractivity contribution in [3.63, 3.8) is 0 Å². The Balaban J connectivity index is 0.000000286. The van der Waals surface area contributed by atoms with Gasteiger partial charge in [0.1, 0.15) is 17.4 Å². The highest BCUT2D eigenvalue weighted by atomic mass is 16.5. The normalized spacial score (nSPS) is 16.1. The Bertz CT molecular complexity index is 1750. The average molecular weight is 721 g/mol. The van der Waals surface area contributed by atoms with E-state index in [0.717, 1.165) is 39.5 Å². The number of benzene rings is 3. The largest absolute Gasteiger partial charge is 0.494 e. The van der Waals surface area contributed by atoms with E-state index in [4.69, 9.17) is 4.74 Å². The molecule has 4 aromatic rings. The molecule has 1 aliphatic carbocycles. The van der Waals surface area contributed by atoms with Gasteiger partial charge in [0.25, 0.3) is 5.91 Å². The zero-order chi connectivity index (χ0) is 38.2. The summed E-state index contributed by atoms with van der Waals surface area (Å²) in [7, 11) is 3.99. The maximum atomic E-state index is 13.5. The van der Waals surface area contributed by atoms with Crippen LogP contribution in [0.2, 0.25) is 0 Å². The number of nitrogens with one attached hydrogen (secondary N) is 1. The number of hydrazone groups is 1. The molecule has 0 saturated heterocycles. The van der Waals surface area contributed by atoms with E-state index in [1.54, 1.807) is 0 Å². The van der Waals surface area contributed by atoms with Gasteiger partial charge in [0.2, 0.25) is 5.91 Å². The smallest absolute Gasteiger partial charge is 0.257 e. The summed E-state index contributed by atoms with van der Waals surface area (Å²) in [5, 5.41) is 10.3. The van der Waals surface area contributed by atoms with Crippen LogP contribution in [0.5, 0.6) is 5.75 Å². The Morgan fingerprint density at radius 2 is 1.55 bits per heavy atom. The summed E-state index contributed by atoms with van der Waals surface area (Å²) in [5.74, 6) is 1.99. The molecule has 1 fully saturated rings. The first-order valence-electron chi connectivity index (χ1n) is 19.5. The summed E-state index contributed by atoms with van der Waals surface area (Å²) in [6.45, 7) is 11.4. The van der Waals surface area contributed by atoms with Crippen molar-refractivity contribution in [3.05, 3.63) is 90.3 Å². The monoisotopic (exact) mass is 720 g/mol. The zero-order valence-electron chi connectivity index (χ0n) is 33.0. The molecule has 0 spiro atoms. The molecule has 9 nitrogen and oxygen atoms in total. The molecule has 0 bridgehead atoms. The highest BCUT2D eigenvalue weighted by Crippen LogP contribution is 2.32. The second kappa shape index (κ2) is 21.0. The van der Waals surface area contributed by atoms with E-state index in [1.807, 2.05) is 119 Å². The van der Waals surface area contributed by atoms with Crippen molar-refractivity contribution >= 4 is 39.9 Å². The predicted octanol–water partition coefficient (Wildman–Crippen LogP) is 9.18. The molecule has 53 heavy (non-hydrogen) atoms. The van der Waals surface area contributed by atoms with Gasteiger partial charge in [0, 0.05) is 31.7 Å². The molecule has 1 aliphatic heterocycles. The van der Waals surface area contributed by atoms with E-state index in [0.29, 0.717) is 37.6 Å². The number of hydrogen-bond acceptors (Lipinski definition) is 7. The Morgan fingerprint density at radius 3 is 2.19 bits per heavy atom. The van der Waals surface area contributed by atoms with Gasteiger partial charge in [0.15, 0.2) is 0 Å². The molecule has 0 radical (unpaired) electrons. The van der Waals surface area contributed by atoms with Gasteiger partial charge in [-0.1, -0.05) is 88.4 Å². The van der Waals surface area contributed by atoms with Crippen LogP contribution < -0.4 is 20.0 Å². The van der Waals surface area contributed by atoms with Crippen molar-refractivity contribution in [2.24, 2.45) is 22.9 Å². The van der Waals surface area contributed by atoms with Gasteiger partial charge in [-0.25, -0.2) is 15.0 Å². The number of amides is 2. The fraction of sp³-hybridized carbons (Fsp3) is 0.477. The van der Waals surface area contributed by atoms with Gasteiger partial charge in [-0.3, -0.25) is 9.59 Å². The number of hydrogen-bond donors (Lipinski definition) is 1. The number of anilines is 2. The third-order valence-electron chi connectivity index (χ3n) is 9.81. The SMILES string of the molecule is CCCC.CCOc1ccc(CCC(C(=O)NCC2CCCCC2)C2C(=O)N(c3ccccc3)N=C2C)cc1.Cc1nc(N(C)C)c2ccccc2n1. The lowest BCUT2D eigenvalue weighted by atomic mass is 9.83. The zero-order valence-corrected chi connectivity index (χ0v) is 33.0. The van der Waals surface area contributed by atoms with Crippen LogP contribution in [0.25, 0.3) is 10.9 Å². The van der Waals surface area contributed by atoms with Crippen LogP contribution in [0.15, 0.2) is 84.0 Å². The molecule has 1 saturated carbocycles. The van der Waals surface area contributed by atoms with Crippen LogP contribution in [0.1, 0.15) is 90.4 Å². The van der Waals surface area contributed by atoms with Crippen molar-refractivity contribution in [3.8, 4) is 5.75 Å². The molecule has 9 heteroatoms. The van der Waals surface area contributed by atoms with E-state index in [2.05, 4.69) is 34.2 Å². The Hall–Kier alpha value is -4.79. The van der Waals surface area contributed by atoms with Crippen molar-refractivity contribution < 1.29 is 14.3 Å². The minimum absolute atomic E-state index is 0.0377. The number of carbonyl (C=O) groups is 2. The van der Waals surface area contributed by atoms with E-state index in [1.165, 1.54) is 50.0 Å². The lowest BCUT2D eigenvalue weighted by molar-refractivity contribution is -0.131. The Labute approximate surface area is 317 Å². The van der Waals surface area contributed by atoms with Crippen molar-refractivity contribution in [2.45, 2.75) is 92.4 Å². The molecule has 2 aliphatic rings. The van der Waals surface area contributed by atoms with Gasteiger partial charge >= 0.3 is 0 Å². The van der Waals surface area contributed by atoms with Crippen LogP contribution in [0, 0.1) is 24.7 Å². The maximum Gasteiger partial charge on any atom is 0.257 e. The molecule has 2 amide bonds. The van der Waals surface area contributed by atoms with Crippen LogP contribution in [-0.4, -0.2) is 54.7 Å². The Kier molecular flexibility index (Phi) is 16.3. The molecule has 6 rings (SSSR count). The summed E-state index contributed by atoms with van der Waals surface area (Å²) in [6.07, 6.45) is 10.0. The van der Waals surface area contributed by atoms with Crippen molar-refractivity contribution in [1.82, 2.24) is 15.3 Å². The number of fused-ring (bicyclic) bond motifs is 1. The number of nitrogens with zero attached hydrogens (tertiary/aromatic N) is 5. The fourth-order valence-corrected chi connectivity index (χ4v) is 6.77.